The monoisotopic (exact) mass is 378 g/mol. The summed E-state index contributed by atoms with van der Waals surface area (Å²) >= 11 is 2.10. The van der Waals surface area contributed by atoms with Crippen LogP contribution in [-0.2, 0) is 0 Å². The van der Waals surface area contributed by atoms with E-state index in [2.05, 4.69) is 56.5 Å². The van der Waals surface area contributed by atoms with Crippen molar-refractivity contribution < 1.29 is 14.3 Å². The smallest absolute Gasteiger partial charge is 0.339 e. The molecule has 0 bridgehead atoms. The third-order valence-electron chi connectivity index (χ3n) is 3.34. The Hall–Kier alpha value is -0.563. The van der Waals surface area contributed by atoms with Crippen LogP contribution in [0.15, 0.2) is 18.2 Å². The summed E-state index contributed by atoms with van der Waals surface area (Å²) < 4.78 is 6.96. The molecule has 0 unspecified atom stereocenters. The Morgan fingerprint density at radius 2 is 1.89 bits per heavy atom. The summed E-state index contributed by atoms with van der Waals surface area (Å²) in [5, 5.41) is 9.27. The van der Waals surface area contributed by atoms with E-state index < -0.39 is 14.3 Å². The van der Waals surface area contributed by atoms with Crippen molar-refractivity contribution in [1.29, 1.82) is 0 Å². The maximum Gasteiger partial charge on any atom is 0.339 e. The van der Waals surface area contributed by atoms with Crippen molar-refractivity contribution in [3.63, 3.8) is 0 Å². The number of aromatic carboxylic acids is 1. The van der Waals surface area contributed by atoms with Gasteiger partial charge < -0.3 is 9.53 Å². The number of benzene rings is 1. The maximum atomic E-state index is 11.2. The van der Waals surface area contributed by atoms with Crippen LogP contribution in [0, 0.1) is 3.57 Å². The lowest BCUT2D eigenvalue weighted by atomic mass is 10.2. The van der Waals surface area contributed by atoms with E-state index in [4.69, 9.17) is 4.43 Å². The molecule has 1 rings (SSSR count). The van der Waals surface area contributed by atoms with Gasteiger partial charge in [0.25, 0.3) is 8.32 Å². The molecule has 5 heteroatoms. The summed E-state index contributed by atoms with van der Waals surface area (Å²) in [5.41, 5.74) is 0.242. The summed E-state index contributed by atoms with van der Waals surface area (Å²) in [6.45, 7) is 10.6. The molecule has 0 aliphatic rings. The molecule has 18 heavy (non-hydrogen) atoms. The lowest BCUT2D eigenvalue weighted by Gasteiger charge is -2.36. The van der Waals surface area contributed by atoms with Crippen molar-refractivity contribution in [2.75, 3.05) is 0 Å². The Morgan fingerprint density at radius 1 is 1.33 bits per heavy atom. The Bertz CT molecular complexity index is 464. The third kappa shape index (κ3) is 3.47. The van der Waals surface area contributed by atoms with E-state index in [0.717, 1.165) is 3.57 Å². The minimum Gasteiger partial charge on any atom is -0.543 e. The number of hydrogen-bond donors (Lipinski definition) is 1. The van der Waals surface area contributed by atoms with E-state index >= 15 is 0 Å². The largest absolute Gasteiger partial charge is 0.543 e. The molecular weight excluding hydrogens is 359 g/mol. The van der Waals surface area contributed by atoms with Crippen LogP contribution in [0.25, 0.3) is 0 Å². The van der Waals surface area contributed by atoms with E-state index in [0.29, 0.717) is 5.75 Å². The van der Waals surface area contributed by atoms with Crippen molar-refractivity contribution in [3.05, 3.63) is 27.3 Å². The van der Waals surface area contributed by atoms with Crippen LogP contribution in [0.3, 0.4) is 0 Å². The maximum absolute atomic E-state index is 11.2. The van der Waals surface area contributed by atoms with Crippen LogP contribution in [0.4, 0.5) is 0 Å². The molecule has 1 N–H and O–H groups in total. The first-order valence-corrected chi connectivity index (χ1v) is 9.75. The Balaban J connectivity index is 3.16. The summed E-state index contributed by atoms with van der Waals surface area (Å²) in [5.74, 6) is -0.461. The van der Waals surface area contributed by atoms with E-state index in [9.17, 15) is 9.90 Å². The molecule has 0 aliphatic carbocycles. The molecular formula is C13H19IO3Si. The number of carboxylic acids is 1. The van der Waals surface area contributed by atoms with Gasteiger partial charge in [-0.1, -0.05) is 20.8 Å². The van der Waals surface area contributed by atoms with Gasteiger partial charge in [-0.25, -0.2) is 4.79 Å². The van der Waals surface area contributed by atoms with Gasteiger partial charge in [0.15, 0.2) is 0 Å². The normalized spacial score (nSPS) is 12.3. The molecule has 0 atom stereocenters. The first kappa shape index (κ1) is 15.5. The number of carbonyl (C=O) groups is 1. The van der Waals surface area contributed by atoms with Gasteiger partial charge in [0.2, 0.25) is 0 Å². The number of hydrogen-bond acceptors (Lipinski definition) is 2. The highest BCUT2D eigenvalue weighted by Gasteiger charge is 2.39. The third-order valence-corrected chi connectivity index (χ3v) is 8.36. The van der Waals surface area contributed by atoms with Gasteiger partial charge in [-0.15, -0.1) is 0 Å². The molecule has 0 heterocycles. The van der Waals surface area contributed by atoms with Crippen molar-refractivity contribution in [2.24, 2.45) is 0 Å². The lowest BCUT2D eigenvalue weighted by Crippen LogP contribution is -2.44. The van der Waals surface area contributed by atoms with E-state index in [1.54, 1.807) is 12.1 Å². The molecule has 0 saturated heterocycles. The minimum atomic E-state index is -2.01. The second-order valence-electron chi connectivity index (χ2n) is 5.81. The summed E-state index contributed by atoms with van der Waals surface area (Å²) in [4.78, 5) is 11.2. The first-order chi connectivity index (χ1) is 8.04. The predicted octanol–water partition coefficient (Wildman–Crippen LogP) is 4.37. The molecule has 100 valence electrons. The molecule has 0 fully saturated rings. The molecule has 0 radical (unpaired) electrons. The van der Waals surface area contributed by atoms with Crippen LogP contribution in [0.2, 0.25) is 18.1 Å². The van der Waals surface area contributed by atoms with Gasteiger partial charge in [0, 0.05) is 3.57 Å². The van der Waals surface area contributed by atoms with Gasteiger partial charge in [0.1, 0.15) is 11.3 Å². The Kier molecular flexibility index (Phi) is 4.48. The zero-order valence-corrected chi connectivity index (χ0v) is 14.5. The second kappa shape index (κ2) is 5.20. The average molecular weight is 378 g/mol. The van der Waals surface area contributed by atoms with Gasteiger partial charge in [-0.2, -0.15) is 0 Å². The Labute approximate surface area is 123 Å². The van der Waals surface area contributed by atoms with Gasteiger partial charge >= 0.3 is 5.97 Å². The number of carboxylic acid groups (broad SMARTS) is 1. The van der Waals surface area contributed by atoms with E-state index in [1.807, 2.05) is 6.07 Å². The van der Waals surface area contributed by atoms with Crippen LogP contribution in [0.1, 0.15) is 31.1 Å². The average Bonchev–Trinajstić information content (AvgIpc) is 2.18. The molecule has 3 nitrogen and oxygen atoms in total. The standard InChI is InChI=1S/C13H19IO3Si/c1-13(2,3)18(4,5)17-11-7-6-9(14)8-10(11)12(15)16/h6-8H,1-5H3,(H,15,16). The summed E-state index contributed by atoms with van der Waals surface area (Å²) in [7, 11) is -2.01. The fourth-order valence-corrected chi connectivity index (χ4v) is 2.71. The zero-order valence-electron chi connectivity index (χ0n) is 11.4. The summed E-state index contributed by atoms with van der Waals surface area (Å²) in [6, 6.07) is 5.27. The van der Waals surface area contributed by atoms with Crippen molar-refractivity contribution in [2.45, 2.75) is 38.9 Å². The van der Waals surface area contributed by atoms with Crippen molar-refractivity contribution >= 4 is 36.9 Å². The highest BCUT2D eigenvalue weighted by molar-refractivity contribution is 14.1. The predicted molar refractivity (Wildman–Crippen MR) is 83.9 cm³/mol. The highest BCUT2D eigenvalue weighted by atomic mass is 127. The molecule has 0 saturated carbocycles. The van der Waals surface area contributed by atoms with Gasteiger partial charge in [-0.05, 0) is 58.9 Å². The molecule has 1 aromatic rings. The first-order valence-electron chi connectivity index (χ1n) is 5.76. The van der Waals surface area contributed by atoms with E-state index in [-0.39, 0.29) is 10.6 Å². The minimum absolute atomic E-state index is 0.0474. The van der Waals surface area contributed by atoms with Crippen molar-refractivity contribution in [3.8, 4) is 5.75 Å². The van der Waals surface area contributed by atoms with E-state index in [1.165, 1.54) is 0 Å². The SMILES string of the molecule is CC(C)(C)[Si](C)(C)Oc1ccc(I)cc1C(=O)O. The molecule has 0 amide bonds. The Morgan fingerprint density at radius 3 is 2.33 bits per heavy atom. The lowest BCUT2D eigenvalue weighted by molar-refractivity contribution is 0.0694. The molecule has 1 aromatic carbocycles. The highest BCUT2D eigenvalue weighted by Crippen LogP contribution is 2.38. The molecule has 0 spiro atoms. The zero-order chi connectivity index (χ0) is 14.1. The van der Waals surface area contributed by atoms with Crippen LogP contribution >= 0.6 is 22.6 Å². The number of rotatable bonds is 3. The quantitative estimate of drug-likeness (QED) is 0.628. The molecule has 0 aromatic heterocycles. The van der Waals surface area contributed by atoms with Gasteiger partial charge in [-0.3, -0.25) is 0 Å². The van der Waals surface area contributed by atoms with Crippen LogP contribution in [-0.4, -0.2) is 19.4 Å². The topological polar surface area (TPSA) is 46.5 Å². The fourth-order valence-electron chi connectivity index (χ4n) is 1.19. The fraction of sp³-hybridized carbons (Fsp3) is 0.462. The van der Waals surface area contributed by atoms with Crippen molar-refractivity contribution in [1.82, 2.24) is 0 Å². The van der Waals surface area contributed by atoms with Crippen LogP contribution in [0.5, 0.6) is 5.75 Å². The number of halogens is 1. The second-order valence-corrected chi connectivity index (χ2v) is 11.8. The van der Waals surface area contributed by atoms with Gasteiger partial charge in [0.05, 0.1) is 0 Å². The molecule has 0 aliphatic heterocycles. The van der Waals surface area contributed by atoms with Crippen LogP contribution < -0.4 is 4.43 Å². The summed E-state index contributed by atoms with van der Waals surface area (Å²) in [6.07, 6.45) is 0.